The Hall–Kier alpha value is -7.28. The molecule has 1 aliphatic carbocycles. The maximum atomic E-state index is 14.4. The molecule has 21 heteroatoms. The normalized spacial score (nSPS) is 18.5. The Bertz CT molecular complexity index is 2750. The van der Waals surface area contributed by atoms with Crippen molar-refractivity contribution in [1.82, 2.24) is 51.2 Å². The Morgan fingerprint density at radius 3 is 2.32 bits per heavy atom. The molecule has 4 aromatic rings. The SMILES string of the molecule is [C-]#[N+]c1nn(CCNC(=O)CCOCCOCCC(=O)N[C@@H]2CC(C(=O)[C@@H](NC(=O)[C@H](C)NC)C(C)(C)C)[C@H](C(=O)N[C@H](CC)c3ccccc3)C2)c2c1-c1cnc(N)c(n1)O[C@H](C)c1cc(C)ccc1C(=O)N(C)C2. The summed E-state index contributed by atoms with van der Waals surface area (Å²) in [7, 11) is 3.33. The third-order valence-corrected chi connectivity index (χ3v) is 13.9. The summed E-state index contributed by atoms with van der Waals surface area (Å²) in [6.07, 6.45) is 2.04. The van der Waals surface area contributed by atoms with E-state index >= 15 is 0 Å². The van der Waals surface area contributed by atoms with Crippen LogP contribution in [0, 0.1) is 30.7 Å². The number of carbonyl (C=O) groups is 6. The average molecular weight is 1050 g/mol. The van der Waals surface area contributed by atoms with Gasteiger partial charge in [0.2, 0.25) is 23.6 Å². The van der Waals surface area contributed by atoms with Gasteiger partial charge in [-0.15, -0.1) is 0 Å². The molecule has 0 spiro atoms. The first kappa shape index (κ1) is 58.0. The zero-order valence-corrected chi connectivity index (χ0v) is 45.2. The Morgan fingerprint density at radius 2 is 1.66 bits per heavy atom. The van der Waals surface area contributed by atoms with Gasteiger partial charge in [0.1, 0.15) is 6.10 Å². The molecule has 2 aromatic heterocycles. The van der Waals surface area contributed by atoms with Crippen LogP contribution in [0.5, 0.6) is 5.88 Å². The predicted molar refractivity (Wildman–Crippen MR) is 285 cm³/mol. The number of amides is 5. The lowest BCUT2D eigenvalue weighted by molar-refractivity contribution is -0.137. The van der Waals surface area contributed by atoms with Crippen molar-refractivity contribution < 1.29 is 43.0 Å². The number of carbonyl (C=O) groups excluding carboxylic acids is 6. The topological polar surface area (TPSA) is 267 Å². The minimum Gasteiger partial charge on any atom is -0.467 e. The van der Waals surface area contributed by atoms with E-state index in [0.29, 0.717) is 34.5 Å². The lowest BCUT2D eigenvalue weighted by atomic mass is 9.77. The summed E-state index contributed by atoms with van der Waals surface area (Å²) >= 11 is 0. The Kier molecular flexibility index (Phi) is 20.2. The summed E-state index contributed by atoms with van der Waals surface area (Å²) in [6.45, 7) is 21.9. The number of hydrogen-bond donors (Lipinski definition) is 6. The van der Waals surface area contributed by atoms with E-state index in [9.17, 15) is 28.8 Å². The molecule has 1 unspecified atom stereocenters. The van der Waals surface area contributed by atoms with Crippen LogP contribution in [0.3, 0.4) is 0 Å². The summed E-state index contributed by atoms with van der Waals surface area (Å²) in [4.78, 5) is 95.8. The van der Waals surface area contributed by atoms with E-state index in [1.807, 2.05) is 77.1 Å². The Morgan fingerprint density at radius 1 is 0.974 bits per heavy atom. The van der Waals surface area contributed by atoms with Crippen LogP contribution in [-0.2, 0) is 46.5 Å². The summed E-state index contributed by atoms with van der Waals surface area (Å²) < 4.78 is 19.1. The Balaban J connectivity index is 0.971. The van der Waals surface area contributed by atoms with E-state index < -0.39 is 41.5 Å². The van der Waals surface area contributed by atoms with Gasteiger partial charge in [0.05, 0.1) is 80.8 Å². The standard InChI is InChI=1S/C55H74N12O9/c1-11-41(35-15-13-12-14-16-35)62-52(72)40-29-36(28-39(40)47(70)48(55(5,6)7)64-51(71)33(3)57-8)61-45(69)20-24-75-26-25-74-23-19-44(68)59-21-22-67-43-31-66(10)54(73)37-18-17-32(2)27-38(37)34(4)76-53-49(56)60-30-42(63-53)46(43)50(58-9)65-67/h12-18,27,30,33-34,36,39-41,48,57H,11,19-26,28-29,31H2,1-8,10H3,(H2,56,60)(H,59,68)(H,61,69)(H,62,72)(H,64,71)/t33-,34+,36+,39?,40+,41+,48+/m0/s1. The van der Waals surface area contributed by atoms with E-state index in [1.165, 1.54) is 11.1 Å². The highest BCUT2D eigenvalue weighted by atomic mass is 16.5. The number of nitrogens with two attached hydrogens (primary N) is 1. The summed E-state index contributed by atoms with van der Waals surface area (Å²) in [6, 6.07) is 13.0. The summed E-state index contributed by atoms with van der Waals surface area (Å²) in [5.74, 6) is -3.05. The molecule has 1 saturated carbocycles. The van der Waals surface area contributed by atoms with Gasteiger partial charge in [-0.2, -0.15) is 4.68 Å². The number of nitrogens with one attached hydrogen (secondary N) is 5. The third kappa shape index (κ3) is 14.8. The first-order valence-corrected chi connectivity index (χ1v) is 25.9. The van der Waals surface area contributed by atoms with Gasteiger partial charge in [0.15, 0.2) is 11.6 Å². The smallest absolute Gasteiger partial charge is 0.305 e. The number of anilines is 1. The van der Waals surface area contributed by atoms with Crippen LogP contribution in [0.15, 0.2) is 54.7 Å². The van der Waals surface area contributed by atoms with Crippen molar-refractivity contribution in [3.63, 3.8) is 0 Å². The molecule has 408 valence electrons. The first-order valence-electron chi connectivity index (χ1n) is 25.9. The number of rotatable bonds is 22. The van der Waals surface area contributed by atoms with Crippen molar-refractivity contribution in [3.8, 4) is 17.1 Å². The number of aryl methyl sites for hydroxylation is 1. The summed E-state index contributed by atoms with van der Waals surface area (Å²) in [5.41, 5.74) is 9.69. The molecule has 1 fully saturated rings. The van der Waals surface area contributed by atoms with Crippen molar-refractivity contribution in [3.05, 3.63) is 94.1 Å². The monoisotopic (exact) mass is 1050 g/mol. The summed E-state index contributed by atoms with van der Waals surface area (Å²) in [5, 5.41) is 19.4. The van der Waals surface area contributed by atoms with Gasteiger partial charge < -0.3 is 56.3 Å². The fraction of sp³-hybridized carbons (Fsp3) is 0.527. The highest BCUT2D eigenvalue weighted by Crippen LogP contribution is 2.39. The molecule has 2 aliphatic rings. The third-order valence-electron chi connectivity index (χ3n) is 13.9. The zero-order chi connectivity index (χ0) is 55.3. The number of benzene rings is 2. The average Bonchev–Trinajstić information content (AvgIpc) is 3.99. The van der Waals surface area contributed by atoms with Gasteiger partial charge in [0.25, 0.3) is 11.8 Å². The van der Waals surface area contributed by atoms with E-state index in [2.05, 4.69) is 46.5 Å². The van der Waals surface area contributed by atoms with Crippen LogP contribution >= 0.6 is 0 Å². The molecule has 21 nitrogen and oxygen atoms in total. The highest BCUT2D eigenvalue weighted by molar-refractivity contribution is 5.97. The van der Waals surface area contributed by atoms with Crippen LogP contribution in [0.1, 0.15) is 119 Å². The second-order valence-corrected chi connectivity index (χ2v) is 20.6. The number of likely N-dealkylation sites (N-methyl/N-ethyl adjacent to an activating group) is 1. The first-order chi connectivity index (χ1) is 36.2. The lowest BCUT2D eigenvalue weighted by Gasteiger charge is -2.34. The number of hydrogen-bond acceptors (Lipinski definition) is 14. The maximum Gasteiger partial charge on any atom is 0.305 e. The molecule has 5 amide bonds. The van der Waals surface area contributed by atoms with Crippen LogP contribution < -0.4 is 37.1 Å². The molecule has 7 N–H and O–H groups in total. The number of ketones is 1. The van der Waals surface area contributed by atoms with Crippen LogP contribution in [0.4, 0.5) is 11.6 Å². The van der Waals surface area contributed by atoms with E-state index in [-0.39, 0.29) is 131 Å². The van der Waals surface area contributed by atoms with Crippen LogP contribution in [-0.4, -0.2) is 125 Å². The number of ether oxygens (including phenoxy) is 3. The molecule has 0 saturated heterocycles. The van der Waals surface area contributed by atoms with Crippen LogP contribution in [0.25, 0.3) is 16.1 Å². The molecule has 3 heterocycles. The van der Waals surface area contributed by atoms with E-state index in [0.717, 1.165) is 11.1 Å². The fourth-order valence-corrected chi connectivity index (χ4v) is 9.52. The van der Waals surface area contributed by atoms with Gasteiger partial charge >= 0.3 is 5.82 Å². The van der Waals surface area contributed by atoms with Gasteiger partial charge in [-0.3, -0.25) is 28.8 Å². The van der Waals surface area contributed by atoms with Gasteiger partial charge in [-0.25, -0.2) is 9.97 Å². The zero-order valence-electron chi connectivity index (χ0n) is 45.2. The fourth-order valence-electron chi connectivity index (χ4n) is 9.52. The molecule has 6 rings (SSSR count). The van der Waals surface area contributed by atoms with Crippen LogP contribution in [0.2, 0.25) is 0 Å². The van der Waals surface area contributed by atoms with Crippen molar-refractivity contribution in [2.45, 2.75) is 124 Å². The molecule has 1 aliphatic heterocycles. The van der Waals surface area contributed by atoms with E-state index in [4.69, 9.17) is 26.5 Å². The van der Waals surface area contributed by atoms with Gasteiger partial charge in [0, 0.05) is 55.4 Å². The quantitative estimate of drug-likeness (QED) is 0.0451. The van der Waals surface area contributed by atoms with Crippen molar-refractivity contribution >= 4 is 47.0 Å². The number of nitrogens with zero attached hydrogens (tertiary/aromatic N) is 6. The lowest BCUT2D eigenvalue weighted by Crippen LogP contribution is -2.55. The number of fused-ring (bicyclic) bond motifs is 5. The minimum absolute atomic E-state index is 0.0299. The van der Waals surface area contributed by atoms with Gasteiger partial charge in [-0.05, 0) is 69.2 Å². The molecule has 76 heavy (non-hydrogen) atoms. The van der Waals surface area contributed by atoms with Crippen molar-refractivity contribution in [2.24, 2.45) is 17.3 Å². The highest BCUT2D eigenvalue weighted by Gasteiger charge is 2.48. The molecular weight excluding hydrogens is 973 g/mol. The largest absolute Gasteiger partial charge is 0.467 e. The second kappa shape index (κ2) is 26.5. The van der Waals surface area contributed by atoms with Crippen molar-refractivity contribution in [2.75, 3.05) is 52.8 Å². The second-order valence-electron chi connectivity index (χ2n) is 20.6. The van der Waals surface area contributed by atoms with Gasteiger partial charge in [-0.1, -0.05) is 82.3 Å². The maximum absolute atomic E-state index is 14.4. The number of aromatic nitrogens is 4. The number of Topliss-reactive ketones (excluding diaryl/α,β-unsaturated/α-hetero) is 1. The minimum atomic E-state index is -0.875. The molecule has 0 radical (unpaired) electrons. The molecule has 2 bridgehead atoms. The number of nitrogen functional groups attached to an aromatic ring is 1. The van der Waals surface area contributed by atoms with E-state index in [1.54, 1.807) is 38.7 Å². The molecule has 7 atom stereocenters. The predicted octanol–water partition coefficient (Wildman–Crippen LogP) is 4.92. The molecule has 2 aromatic carbocycles. The molecular formula is C55H74N12O9. The van der Waals surface area contributed by atoms with Crippen molar-refractivity contribution in [1.29, 1.82) is 0 Å². The Labute approximate surface area is 445 Å².